The molecule has 2 heterocycles. The van der Waals surface area contributed by atoms with Gasteiger partial charge in [-0.05, 0) is 48.4 Å². The van der Waals surface area contributed by atoms with Crippen LogP contribution >= 0.6 is 0 Å². The lowest BCUT2D eigenvalue weighted by atomic mass is 10.1. The Morgan fingerprint density at radius 3 is 2.33 bits per heavy atom. The first-order chi connectivity index (χ1) is 19.3. The molecule has 11 heteroatoms. The summed E-state index contributed by atoms with van der Waals surface area (Å²) >= 11 is 0. The normalized spacial score (nSPS) is 14.2. The fourth-order valence-corrected chi connectivity index (χ4v) is 5.85. The topological polar surface area (TPSA) is 112 Å². The van der Waals surface area contributed by atoms with Crippen LogP contribution in [-0.2, 0) is 37.3 Å². The maximum atomic E-state index is 13.8. The molecule has 1 fully saturated rings. The highest BCUT2D eigenvalue weighted by Gasteiger charge is 2.29. The molecule has 0 saturated carbocycles. The quantitative estimate of drug-likeness (QED) is 0.337. The maximum absolute atomic E-state index is 13.8. The Morgan fingerprint density at radius 1 is 0.950 bits per heavy atom. The van der Waals surface area contributed by atoms with E-state index in [9.17, 15) is 18.0 Å². The molecule has 40 heavy (non-hydrogen) atoms. The molecule has 0 unspecified atom stereocenters. The predicted molar refractivity (Wildman–Crippen MR) is 151 cm³/mol. The minimum absolute atomic E-state index is 0.0539. The van der Waals surface area contributed by atoms with Gasteiger partial charge in [-0.2, -0.15) is 4.31 Å². The van der Waals surface area contributed by atoms with Gasteiger partial charge in [0.1, 0.15) is 5.76 Å². The molecule has 4 rings (SSSR count). The van der Waals surface area contributed by atoms with E-state index in [-0.39, 0.29) is 36.3 Å². The average Bonchev–Trinajstić information content (AvgIpc) is 3.47. The van der Waals surface area contributed by atoms with Crippen LogP contribution in [0.2, 0.25) is 0 Å². The van der Waals surface area contributed by atoms with Crippen molar-refractivity contribution in [1.82, 2.24) is 14.1 Å². The zero-order valence-electron chi connectivity index (χ0n) is 22.7. The third-order valence-electron chi connectivity index (χ3n) is 6.69. The molecular formula is C29H36N4O6S. The lowest BCUT2D eigenvalue weighted by Crippen LogP contribution is -2.47. The van der Waals surface area contributed by atoms with Crippen LogP contribution in [0.5, 0.6) is 0 Å². The monoisotopic (exact) mass is 568 g/mol. The largest absolute Gasteiger partial charge is 0.467 e. The molecule has 1 aromatic heterocycles. The summed E-state index contributed by atoms with van der Waals surface area (Å²) in [7, 11) is -4.01. The molecule has 0 bridgehead atoms. The molecule has 0 radical (unpaired) electrons. The highest BCUT2D eigenvalue weighted by Crippen LogP contribution is 2.20. The van der Waals surface area contributed by atoms with E-state index < -0.39 is 10.0 Å². The predicted octanol–water partition coefficient (Wildman–Crippen LogP) is 2.83. The molecule has 1 N–H and O–H groups in total. The molecule has 0 aliphatic carbocycles. The smallest absolute Gasteiger partial charge is 0.243 e. The number of benzene rings is 2. The summed E-state index contributed by atoms with van der Waals surface area (Å²) in [5, 5.41) is 2.64. The second kappa shape index (κ2) is 14.2. The Bertz CT molecular complexity index is 1320. The Kier molecular flexibility index (Phi) is 10.5. The van der Waals surface area contributed by atoms with Gasteiger partial charge in [-0.25, -0.2) is 8.42 Å². The SMILES string of the molecule is CC(=O)Nc1ccc(S(=O)(=O)N(CCN2CCOCC2)CC(=O)N(CCc2ccccc2)Cc2ccco2)cc1. The molecule has 10 nitrogen and oxygen atoms in total. The van der Waals surface area contributed by atoms with E-state index in [0.717, 1.165) is 5.56 Å². The number of nitrogens with one attached hydrogen (secondary N) is 1. The highest BCUT2D eigenvalue weighted by atomic mass is 32.2. The van der Waals surface area contributed by atoms with Crippen molar-refractivity contribution in [2.24, 2.45) is 0 Å². The van der Waals surface area contributed by atoms with Gasteiger partial charge in [-0.1, -0.05) is 30.3 Å². The van der Waals surface area contributed by atoms with Crippen LogP contribution in [-0.4, -0.2) is 86.8 Å². The van der Waals surface area contributed by atoms with E-state index in [0.29, 0.717) is 57.3 Å². The summed E-state index contributed by atoms with van der Waals surface area (Å²) in [6.45, 7) is 4.93. The number of hydrogen-bond acceptors (Lipinski definition) is 7. The number of hydrogen-bond donors (Lipinski definition) is 1. The third kappa shape index (κ3) is 8.49. The Morgan fingerprint density at radius 2 is 1.68 bits per heavy atom. The summed E-state index contributed by atoms with van der Waals surface area (Å²) in [6, 6.07) is 19.4. The number of furan rings is 1. The molecule has 0 atom stereocenters. The van der Waals surface area contributed by atoms with Crippen LogP contribution < -0.4 is 5.32 Å². The summed E-state index contributed by atoms with van der Waals surface area (Å²) in [4.78, 5) is 28.9. The van der Waals surface area contributed by atoms with Gasteiger partial charge < -0.3 is 19.4 Å². The average molecular weight is 569 g/mol. The van der Waals surface area contributed by atoms with Gasteiger partial charge >= 0.3 is 0 Å². The molecule has 1 aliphatic heterocycles. The fraction of sp³-hybridized carbons (Fsp3) is 0.379. The summed E-state index contributed by atoms with van der Waals surface area (Å²) in [6.07, 6.45) is 2.18. The minimum Gasteiger partial charge on any atom is -0.467 e. The number of amides is 2. The molecular weight excluding hydrogens is 532 g/mol. The van der Waals surface area contributed by atoms with Crippen molar-refractivity contribution < 1.29 is 27.2 Å². The molecule has 1 aliphatic rings. The lowest BCUT2D eigenvalue weighted by molar-refractivity contribution is -0.132. The van der Waals surface area contributed by atoms with Gasteiger partial charge in [0.15, 0.2) is 0 Å². The van der Waals surface area contributed by atoms with Gasteiger partial charge in [0.2, 0.25) is 21.8 Å². The number of carbonyl (C=O) groups excluding carboxylic acids is 2. The van der Waals surface area contributed by atoms with Gasteiger partial charge in [-0.15, -0.1) is 0 Å². The van der Waals surface area contributed by atoms with Crippen LogP contribution in [0.1, 0.15) is 18.2 Å². The highest BCUT2D eigenvalue weighted by molar-refractivity contribution is 7.89. The van der Waals surface area contributed by atoms with Crippen molar-refractivity contribution in [3.63, 3.8) is 0 Å². The number of rotatable bonds is 13. The number of carbonyl (C=O) groups is 2. The molecule has 1 saturated heterocycles. The number of ether oxygens (including phenoxy) is 1. The second-order valence-electron chi connectivity index (χ2n) is 9.63. The minimum atomic E-state index is -4.01. The summed E-state index contributed by atoms with van der Waals surface area (Å²) in [5.41, 5.74) is 1.57. The second-order valence-corrected chi connectivity index (χ2v) is 11.6. The van der Waals surface area contributed by atoms with E-state index in [2.05, 4.69) is 10.2 Å². The van der Waals surface area contributed by atoms with Crippen LogP contribution in [0.25, 0.3) is 0 Å². The van der Waals surface area contributed by atoms with E-state index >= 15 is 0 Å². The standard InChI is InChI=1S/C29H36N4O6S/c1-24(34)30-26-9-11-28(12-10-26)40(36,37)33(16-15-31-17-20-38-21-18-31)23-29(35)32(22-27-8-5-19-39-27)14-13-25-6-3-2-4-7-25/h2-12,19H,13-18,20-23H2,1H3,(H,30,34). The zero-order chi connectivity index (χ0) is 28.4. The first-order valence-corrected chi connectivity index (χ1v) is 14.8. The van der Waals surface area contributed by atoms with Gasteiger partial charge in [0.05, 0.1) is 37.5 Å². The molecule has 214 valence electrons. The molecule has 2 aromatic carbocycles. The first-order valence-electron chi connectivity index (χ1n) is 13.3. The fourth-order valence-electron chi connectivity index (χ4n) is 4.47. The Balaban J connectivity index is 1.54. The molecule has 3 aromatic rings. The zero-order valence-corrected chi connectivity index (χ0v) is 23.5. The van der Waals surface area contributed by atoms with Crippen LogP contribution in [0.4, 0.5) is 5.69 Å². The maximum Gasteiger partial charge on any atom is 0.243 e. The van der Waals surface area contributed by atoms with E-state index in [1.807, 2.05) is 30.3 Å². The van der Waals surface area contributed by atoms with E-state index in [4.69, 9.17) is 9.15 Å². The van der Waals surface area contributed by atoms with Crippen molar-refractivity contribution in [3.05, 3.63) is 84.3 Å². The number of nitrogens with zero attached hydrogens (tertiary/aromatic N) is 3. The van der Waals surface area contributed by atoms with Crippen molar-refractivity contribution in [2.45, 2.75) is 24.8 Å². The Hall–Kier alpha value is -3.51. The molecule has 0 spiro atoms. The van der Waals surface area contributed by atoms with Crippen LogP contribution in [0, 0.1) is 0 Å². The van der Waals surface area contributed by atoms with Crippen LogP contribution in [0.15, 0.2) is 82.3 Å². The number of morpholine rings is 1. The third-order valence-corrected chi connectivity index (χ3v) is 8.55. The lowest BCUT2D eigenvalue weighted by Gasteiger charge is -2.31. The first kappa shape index (κ1) is 29.5. The Labute approximate surface area is 235 Å². The van der Waals surface area contributed by atoms with Gasteiger partial charge in [0.25, 0.3) is 0 Å². The van der Waals surface area contributed by atoms with Gasteiger partial charge in [0, 0.05) is 45.3 Å². The molecule has 2 amide bonds. The van der Waals surface area contributed by atoms with Crippen molar-refractivity contribution in [1.29, 1.82) is 0 Å². The van der Waals surface area contributed by atoms with Gasteiger partial charge in [-0.3, -0.25) is 14.5 Å². The number of sulfonamides is 1. The van der Waals surface area contributed by atoms with Crippen molar-refractivity contribution >= 4 is 27.5 Å². The van der Waals surface area contributed by atoms with Crippen molar-refractivity contribution in [2.75, 3.05) is 57.8 Å². The number of anilines is 1. The van der Waals surface area contributed by atoms with E-state index in [1.165, 1.54) is 23.4 Å². The van der Waals surface area contributed by atoms with E-state index in [1.54, 1.807) is 35.4 Å². The van der Waals surface area contributed by atoms with Crippen LogP contribution in [0.3, 0.4) is 0 Å². The summed E-state index contributed by atoms with van der Waals surface area (Å²) in [5.74, 6) is 0.0611. The van der Waals surface area contributed by atoms with Crippen molar-refractivity contribution in [3.8, 4) is 0 Å². The summed E-state index contributed by atoms with van der Waals surface area (Å²) < 4.78 is 39.8.